The first-order valence-electron chi connectivity index (χ1n) is 8.69. The summed E-state index contributed by atoms with van der Waals surface area (Å²) >= 11 is 13.2. The van der Waals surface area contributed by atoms with Crippen LogP contribution < -0.4 is 5.32 Å². The van der Waals surface area contributed by atoms with Crippen LogP contribution in [0.1, 0.15) is 5.56 Å². The van der Waals surface area contributed by atoms with Gasteiger partial charge in [0, 0.05) is 38.4 Å². The van der Waals surface area contributed by atoms with Crippen molar-refractivity contribution in [1.82, 2.24) is 20.2 Å². The highest BCUT2D eigenvalue weighted by atomic mass is 35.5. The monoisotopic (exact) mass is 442 g/mol. The van der Waals surface area contributed by atoms with E-state index in [0.717, 1.165) is 18.7 Å². The van der Waals surface area contributed by atoms with Crippen LogP contribution in [0.15, 0.2) is 35.6 Å². The summed E-state index contributed by atoms with van der Waals surface area (Å²) < 4.78 is 5.75. The summed E-state index contributed by atoms with van der Waals surface area (Å²) in [5.41, 5.74) is 1.08. The minimum Gasteiger partial charge on any atom is -0.493 e. The molecule has 2 N–H and O–H groups in total. The molecule has 2 aromatic rings. The quantitative estimate of drug-likeness (QED) is 0.503. The van der Waals surface area contributed by atoms with Crippen LogP contribution in [-0.4, -0.2) is 64.0 Å². The van der Waals surface area contributed by atoms with Gasteiger partial charge in [0.05, 0.1) is 28.5 Å². The minimum absolute atomic E-state index is 0.0810. The van der Waals surface area contributed by atoms with Gasteiger partial charge in [-0.15, -0.1) is 0 Å². The Morgan fingerprint density at radius 2 is 2.21 bits per heavy atom. The van der Waals surface area contributed by atoms with Crippen molar-refractivity contribution in [2.75, 3.05) is 32.0 Å². The summed E-state index contributed by atoms with van der Waals surface area (Å²) in [6, 6.07) is 7.01. The van der Waals surface area contributed by atoms with E-state index in [1.165, 1.54) is 24.0 Å². The molecule has 2 heterocycles. The summed E-state index contributed by atoms with van der Waals surface area (Å²) in [5, 5.41) is 13.6. The summed E-state index contributed by atoms with van der Waals surface area (Å²) in [4.78, 5) is 22.1. The summed E-state index contributed by atoms with van der Waals surface area (Å²) in [6.45, 7) is 3.31. The smallest absolute Gasteiger partial charge is 0.230 e. The zero-order chi connectivity index (χ0) is 19.9. The normalized spacial score (nSPS) is 17.4. The lowest BCUT2D eigenvalue weighted by atomic mass is 10.2. The van der Waals surface area contributed by atoms with Crippen molar-refractivity contribution in [3.05, 3.63) is 46.1 Å². The fraction of sp³-hybridized carbons (Fsp3) is 0.389. The molecular weight excluding hydrogens is 423 g/mol. The molecule has 1 unspecified atom stereocenters. The lowest BCUT2D eigenvalue weighted by molar-refractivity contribution is -0.119. The van der Waals surface area contributed by atoms with E-state index in [4.69, 9.17) is 27.9 Å². The molecule has 150 valence electrons. The molecule has 1 fully saturated rings. The number of nitrogens with zero attached hydrogens (tertiary/aromatic N) is 3. The molecule has 0 aliphatic carbocycles. The van der Waals surface area contributed by atoms with Gasteiger partial charge in [0.2, 0.25) is 11.8 Å². The molecule has 1 aliphatic heterocycles. The van der Waals surface area contributed by atoms with Crippen molar-refractivity contribution >= 4 is 40.9 Å². The number of nitrogens with one attached hydrogen (secondary N) is 1. The number of aromatic nitrogens is 2. The third kappa shape index (κ3) is 6.49. The van der Waals surface area contributed by atoms with Crippen LogP contribution in [0.4, 0.5) is 0 Å². The Labute approximate surface area is 177 Å². The lowest BCUT2D eigenvalue weighted by Crippen LogP contribution is -2.47. The number of halogens is 2. The van der Waals surface area contributed by atoms with E-state index >= 15 is 0 Å². The topological polar surface area (TPSA) is 87.6 Å². The van der Waals surface area contributed by atoms with Crippen LogP contribution in [0, 0.1) is 0 Å². The molecule has 1 aliphatic rings. The number of amides is 1. The number of morpholine rings is 1. The maximum Gasteiger partial charge on any atom is 0.230 e. The highest BCUT2D eigenvalue weighted by Crippen LogP contribution is 2.23. The molecule has 1 atom stereocenters. The van der Waals surface area contributed by atoms with Gasteiger partial charge in [-0.05, 0) is 17.7 Å². The molecule has 0 saturated carbocycles. The first-order chi connectivity index (χ1) is 13.5. The molecule has 1 amide bonds. The highest BCUT2D eigenvalue weighted by Gasteiger charge is 2.21. The predicted octanol–water partition coefficient (Wildman–Crippen LogP) is 2.60. The number of carbonyl (C=O) groups is 1. The molecule has 7 nitrogen and oxygen atoms in total. The van der Waals surface area contributed by atoms with Crippen molar-refractivity contribution in [3.8, 4) is 5.88 Å². The molecule has 0 bridgehead atoms. The SMILES string of the molecule is O=C(CSc1nccc(O)n1)NCC1CN(Cc2ccc(Cl)c(Cl)c2)CCO1. The summed E-state index contributed by atoms with van der Waals surface area (Å²) in [5.74, 6) is -0.0823. The molecule has 10 heteroatoms. The highest BCUT2D eigenvalue weighted by molar-refractivity contribution is 7.99. The molecule has 1 aromatic heterocycles. The third-order valence-electron chi connectivity index (χ3n) is 4.09. The van der Waals surface area contributed by atoms with Gasteiger partial charge in [-0.25, -0.2) is 4.98 Å². The number of ether oxygens (including phenoxy) is 1. The molecular formula is C18H20Cl2N4O3S. The fourth-order valence-electron chi connectivity index (χ4n) is 2.75. The first-order valence-corrected chi connectivity index (χ1v) is 10.4. The molecule has 1 aromatic carbocycles. The lowest BCUT2D eigenvalue weighted by Gasteiger charge is -2.33. The van der Waals surface area contributed by atoms with Gasteiger partial charge in [-0.3, -0.25) is 9.69 Å². The molecule has 3 rings (SSSR count). The predicted molar refractivity (Wildman–Crippen MR) is 109 cm³/mol. The summed E-state index contributed by atoms with van der Waals surface area (Å²) in [6.07, 6.45) is 1.36. The van der Waals surface area contributed by atoms with Crippen molar-refractivity contribution in [2.24, 2.45) is 0 Å². The van der Waals surface area contributed by atoms with Gasteiger partial charge < -0.3 is 15.2 Å². The van der Waals surface area contributed by atoms with E-state index in [0.29, 0.717) is 34.9 Å². The fourth-order valence-corrected chi connectivity index (χ4v) is 3.73. The number of thioether (sulfide) groups is 1. The van der Waals surface area contributed by atoms with E-state index in [1.807, 2.05) is 12.1 Å². The van der Waals surface area contributed by atoms with E-state index in [-0.39, 0.29) is 23.6 Å². The van der Waals surface area contributed by atoms with E-state index in [9.17, 15) is 9.90 Å². The minimum atomic E-state index is -0.137. The van der Waals surface area contributed by atoms with Gasteiger partial charge in [-0.1, -0.05) is 41.0 Å². The Morgan fingerprint density at radius 1 is 1.36 bits per heavy atom. The Kier molecular flexibility index (Phi) is 7.75. The number of carbonyl (C=O) groups excluding carboxylic acids is 1. The van der Waals surface area contributed by atoms with Crippen LogP contribution in [0.2, 0.25) is 10.0 Å². The third-order valence-corrected chi connectivity index (χ3v) is 5.69. The second-order valence-electron chi connectivity index (χ2n) is 6.27. The van der Waals surface area contributed by atoms with E-state index in [2.05, 4.69) is 20.2 Å². The Balaban J connectivity index is 1.41. The van der Waals surface area contributed by atoms with Crippen LogP contribution in [0.5, 0.6) is 5.88 Å². The van der Waals surface area contributed by atoms with Gasteiger partial charge in [0.15, 0.2) is 5.16 Å². The molecule has 0 spiro atoms. The van der Waals surface area contributed by atoms with Crippen LogP contribution in [0.25, 0.3) is 0 Å². The number of hydrogen-bond acceptors (Lipinski definition) is 7. The van der Waals surface area contributed by atoms with Crippen LogP contribution in [-0.2, 0) is 16.1 Å². The second-order valence-corrected chi connectivity index (χ2v) is 8.02. The van der Waals surface area contributed by atoms with Gasteiger partial charge in [-0.2, -0.15) is 4.98 Å². The maximum absolute atomic E-state index is 12.0. The Bertz CT molecular complexity index is 827. The van der Waals surface area contributed by atoms with Crippen molar-refractivity contribution in [2.45, 2.75) is 17.8 Å². The largest absolute Gasteiger partial charge is 0.493 e. The van der Waals surface area contributed by atoms with Crippen molar-refractivity contribution in [3.63, 3.8) is 0 Å². The maximum atomic E-state index is 12.0. The van der Waals surface area contributed by atoms with E-state index < -0.39 is 0 Å². The Morgan fingerprint density at radius 3 is 3.00 bits per heavy atom. The number of aromatic hydroxyl groups is 1. The number of hydrogen-bond donors (Lipinski definition) is 2. The summed E-state index contributed by atoms with van der Waals surface area (Å²) in [7, 11) is 0. The average molecular weight is 443 g/mol. The van der Waals surface area contributed by atoms with Gasteiger partial charge in [0.1, 0.15) is 0 Å². The molecule has 1 saturated heterocycles. The van der Waals surface area contributed by atoms with Gasteiger partial charge in [0.25, 0.3) is 0 Å². The number of rotatable bonds is 7. The first kappa shape index (κ1) is 21.1. The molecule has 0 radical (unpaired) electrons. The van der Waals surface area contributed by atoms with Crippen LogP contribution in [0.3, 0.4) is 0 Å². The Hall–Kier alpha value is -1.58. The van der Waals surface area contributed by atoms with Crippen LogP contribution >= 0.6 is 35.0 Å². The molecule has 28 heavy (non-hydrogen) atoms. The zero-order valence-corrected chi connectivity index (χ0v) is 17.3. The van der Waals surface area contributed by atoms with Crippen molar-refractivity contribution < 1.29 is 14.6 Å². The standard InChI is InChI=1S/C18H20Cl2N4O3S/c19-14-2-1-12(7-15(14)20)9-24-5-6-27-13(10-24)8-22-17(26)11-28-18-21-4-3-16(25)23-18/h1-4,7,13H,5-6,8-11H2,(H,22,26)(H,21,23,25). The van der Waals surface area contributed by atoms with Crippen molar-refractivity contribution in [1.29, 1.82) is 0 Å². The zero-order valence-electron chi connectivity index (χ0n) is 15.0. The average Bonchev–Trinajstić information content (AvgIpc) is 2.68. The van der Waals surface area contributed by atoms with Gasteiger partial charge >= 0.3 is 0 Å². The van der Waals surface area contributed by atoms with E-state index in [1.54, 1.807) is 6.07 Å². The second kappa shape index (κ2) is 10.3. The number of benzene rings is 1.